The molecule has 0 unspecified atom stereocenters. The van der Waals surface area contributed by atoms with E-state index < -0.39 is 0 Å². The molecule has 0 saturated heterocycles. The van der Waals surface area contributed by atoms with Crippen molar-refractivity contribution >= 4 is 11.6 Å². The van der Waals surface area contributed by atoms with Crippen molar-refractivity contribution in [3.05, 3.63) is 29.4 Å². The predicted octanol–water partition coefficient (Wildman–Crippen LogP) is 1.40. The maximum absolute atomic E-state index is 8.72. The van der Waals surface area contributed by atoms with E-state index in [2.05, 4.69) is 15.1 Å². The Labute approximate surface area is 91.0 Å². The van der Waals surface area contributed by atoms with Gasteiger partial charge in [0.15, 0.2) is 0 Å². The molecule has 6 heteroatoms. The summed E-state index contributed by atoms with van der Waals surface area (Å²) in [5, 5.41) is 12.8. The van der Waals surface area contributed by atoms with Gasteiger partial charge >= 0.3 is 0 Å². The van der Waals surface area contributed by atoms with Crippen LogP contribution in [0.4, 0.5) is 0 Å². The van der Waals surface area contributed by atoms with Gasteiger partial charge in [0.2, 0.25) is 5.28 Å². The largest absolute Gasteiger partial charge is 0.275 e. The van der Waals surface area contributed by atoms with Crippen molar-refractivity contribution in [1.82, 2.24) is 19.7 Å². The zero-order valence-corrected chi connectivity index (χ0v) is 8.60. The van der Waals surface area contributed by atoms with Crippen molar-refractivity contribution in [2.75, 3.05) is 0 Å². The van der Waals surface area contributed by atoms with Gasteiger partial charge in [0, 0.05) is 24.9 Å². The monoisotopic (exact) mass is 219 g/mol. The molecule has 74 valence electrons. The molecule has 0 atom stereocenters. The predicted molar refractivity (Wildman–Crippen MR) is 54.0 cm³/mol. The summed E-state index contributed by atoms with van der Waals surface area (Å²) >= 11 is 5.68. The van der Waals surface area contributed by atoms with Crippen molar-refractivity contribution in [2.24, 2.45) is 7.05 Å². The van der Waals surface area contributed by atoms with Gasteiger partial charge in [0.1, 0.15) is 11.8 Å². The molecule has 2 rings (SSSR count). The molecule has 0 bridgehead atoms. The topological polar surface area (TPSA) is 67.4 Å². The molecule has 0 fully saturated rings. The lowest BCUT2D eigenvalue weighted by Gasteiger charge is -1.97. The highest BCUT2D eigenvalue weighted by Crippen LogP contribution is 2.17. The van der Waals surface area contributed by atoms with Gasteiger partial charge in [-0.05, 0) is 11.6 Å². The fraction of sp³-hybridized carbons (Fsp3) is 0.111. The third-order valence-electron chi connectivity index (χ3n) is 1.81. The molecular weight excluding hydrogens is 214 g/mol. The molecule has 0 aliphatic carbocycles. The zero-order chi connectivity index (χ0) is 10.8. The Bertz CT molecular complexity index is 540. The molecule has 0 N–H and O–H groups in total. The SMILES string of the molecule is Cn1cc(-c2cc(C#N)nc(Cl)n2)cn1. The Kier molecular flexibility index (Phi) is 2.35. The lowest BCUT2D eigenvalue weighted by Crippen LogP contribution is -1.90. The Morgan fingerprint density at radius 1 is 1.47 bits per heavy atom. The second kappa shape index (κ2) is 3.67. The molecule has 0 aliphatic heterocycles. The van der Waals surface area contributed by atoms with E-state index in [0.717, 1.165) is 5.56 Å². The Morgan fingerprint density at radius 2 is 2.27 bits per heavy atom. The highest BCUT2D eigenvalue weighted by molar-refractivity contribution is 6.28. The van der Waals surface area contributed by atoms with E-state index >= 15 is 0 Å². The first kappa shape index (κ1) is 9.62. The van der Waals surface area contributed by atoms with Crippen LogP contribution >= 0.6 is 11.6 Å². The number of hydrogen-bond acceptors (Lipinski definition) is 4. The van der Waals surface area contributed by atoms with Crippen LogP contribution in [0.5, 0.6) is 0 Å². The van der Waals surface area contributed by atoms with E-state index in [1.54, 1.807) is 30.2 Å². The molecule has 2 aromatic heterocycles. The Morgan fingerprint density at radius 3 is 2.87 bits per heavy atom. The number of rotatable bonds is 1. The smallest absolute Gasteiger partial charge is 0.224 e. The van der Waals surface area contributed by atoms with Crippen LogP contribution in [0.25, 0.3) is 11.3 Å². The normalized spacial score (nSPS) is 9.93. The number of aromatic nitrogens is 4. The molecule has 5 nitrogen and oxygen atoms in total. The van der Waals surface area contributed by atoms with Gasteiger partial charge in [-0.1, -0.05) is 0 Å². The van der Waals surface area contributed by atoms with E-state index in [1.807, 2.05) is 6.07 Å². The summed E-state index contributed by atoms with van der Waals surface area (Å²) in [6.45, 7) is 0. The van der Waals surface area contributed by atoms with Crippen molar-refractivity contribution in [3.63, 3.8) is 0 Å². The Balaban J connectivity index is 2.54. The van der Waals surface area contributed by atoms with Gasteiger partial charge in [-0.15, -0.1) is 0 Å². The Hall–Kier alpha value is -1.93. The van der Waals surface area contributed by atoms with E-state index in [9.17, 15) is 0 Å². The van der Waals surface area contributed by atoms with E-state index in [4.69, 9.17) is 16.9 Å². The van der Waals surface area contributed by atoms with Crippen LogP contribution in [-0.2, 0) is 7.05 Å². The fourth-order valence-corrected chi connectivity index (χ4v) is 1.36. The summed E-state index contributed by atoms with van der Waals surface area (Å²) in [6.07, 6.45) is 3.44. The summed E-state index contributed by atoms with van der Waals surface area (Å²) in [6, 6.07) is 3.49. The number of nitriles is 1. The lowest BCUT2D eigenvalue weighted by atomic mass is 10.2. The third-order valence-corrected chi connectivity index (χ3v) is 1.98. The van der Waals surface area contributed by atoms with Gasteiger partial charge in [-0.25, -0.2) is 9.97 Å². The summed E-state index contributed by atoms with van der Waals surface area (Å²) < 4.78 is 1.65. The molecular formula is C9H6ClN5. The van der Waals surface area contributed by atoms with E-state index in [0.29, 0.717) is 5.69 Å². The maximum atomic E-state index is 8.72. The summed E-state index contributed by atoms with van der Waals surface area (Å²) in [5.41, 5.74) is 1.65. The molecule has 0 amide bonds. The minimum atomic E-state index is 0.0629. The summed E-state index contributed by atoms with van der Waals surface area (Å²) in [4.78, 5) is 7.77. The van der Waals surface area contributed by atoms with Gasteiger partial charge in [0.25, 0.3) is 0 Å². The third kappa shape index (κ3) is 1.95. The molecule has 2 aromatic rings. The summed E-state index contributed by atoms with van der Waals surface area (Å²) in [5.74, 6) is 0. The van der Waals surface area contributed by atoms with Gasteiger partial charge in [0.05, 0.1) is 11.9 Å². The molecule has 0 aliphatic rings. The second-order valence-corrected chi connectivity index (χ2v) is 3.26. The lowest BCUT2D eigenvalue weighted by molar-refractivity contribution is 0.768. The first-order valence-corrected chi connectivity index (χ1v) is 4.50. The van der Waals surface area contributed by atoms with Crippen LogP contribution in [0.2, 0.25) is 5.28 Å². The first-order valence-electron chi connectivity index (χ1n) is 4.13. The molecule has 0 radical (unpaired) electrons. The highest BCUT2D eigenvalue weighted by Gasteiger charge is 2.06. The molecule has 2 heterocycles. The van der Waals surface area contributed by atoms with Crippen molar-refractivity contribution < 1.29 is 0 Å². The van der Waals surface area contributed by atoms with Crippen molar-refractivity contribution in [1.29, 1.82) is 5.26 Å². The molecule has 15 heavy (non-hydrogen) atoms. The summed E-state index contributed by atoms with van der Waals surface area (Å²) in [7, 11) is 1.80. The number of halogens is 1. The van der Waals surface area contributed by atoms with Gasteiger partial charge in [-0.3, -0.25) is 4.68 Å². The van der Waals surface area contributed by atoms with E-state index in [1.165, 1.54) is 0 Å². The van der Waals surface area contributed by atoms with Crippen molar-refractivity contribution in [2.45, 2.75) is 0 Å². The number of nitrogens with zero attached hydrogens (tertiary/aromatic N) is 5. The number of aryl methyl sites for hydroxylation is 1. The first-order chi connectivity index (χ1) is 7.19. The standard InChI is InChI=1S/C9H6ClN5/c1-15-5-6(4-12-15)8-2-7(3-11)13-9(10)14-8/h2,4-5H,1H3. The second-order valence-electron chi connectivity index (χ2n) is 2.92. The zero-order valence-electron chi connectivity index (χ0n) is 7.85. The number of hydrogen-bond donors (Lipinski definition) is 0. The van der Waals surface area contributed by atoms with E-state index in [-0.39, 0.29) is 11.0 Å². The van der Waals surface area contributed by atoms with Gasteiger partial charge < -0.3 is 0 Å². The average molecular weight is 220 g/mol. The fourth-order valence-electron chi connectivity index (χ4n) is 1.18. The van der Waals surface area contributed by atoms with Crippen LogP contribution in [0, 0.1) is 11.3 Å². The van der Waals surface area contributed by atoms with Crippen LogP contribution in [0.15, 0.2) is 18.5 Å². The molecule has 0 aromatic carbocycles. The maximum Gasteiger partial charge on any atom is 0.224 e. The highest BCUT2D eigenvalue weighted by atomic mass is 35.5. The van der Waals surface area contributed by atoms with Crippen LogP contribution < -0.4 is 0 Å². The van der Waals surface area contributed by atoms with Crippen molar-refractivity contribution in [3.8, 4) is 17.3 Å². The van der Waals surface area contributed by atoms with Crippen LogP contribution in [0.1, 0.15) is 5.69 Å². The average Bonchev–Trinajstić information content (AvgIpc) is 2.64. The minimum absolute atomic E-state index is 0.0629. The quantitative estimate of drug-likeness (QED) is 0.680. The molecule has 0 saturated carbocycles. The van der Waals surface area contributed by atoms with Gasteiger partial charge in [-0.2, -0.15) is 10.4 Å². The minimum Gasteiger partial charge on any atom is -0.275 e. The molecule has 0 spiro atoms. The van der Waals surface area contributed by atoms with Crippen LogP contribution in [-0.4, -0.2) is 19.7 Å². The van der Waals surface area contributed by atoms with Crippen LogP contribution in [0.3, 0.4) is 0 Å².